The van der Waals surface area contributed by atoms with Gasteiger partial charge in [-0.25, -0.2) is 13.9 Å². The first-order chi connectivity index (χ1) is 11.1. The Bertz CT molecular complexity index is 857. The normalized spacial score (nSPS) is 10.7. The molecule has 0 aliphatic carbocycles. The van der Waals surface area contributed by atoms with Gasteiger partial charge in [0.05, 0.1) is 5.69 Å². The summed E-state index contributed by atoms with van der Waals surface area (Å²) in [4.78, 5) is 11.4. The second kappa shape index (κ2) is 6.00. The lowest BCUT2D eigenvalue weighted by Gasteiger charge is -2.08. The van der Waals surface area contributed by atoms with Gasteiger partial charge in [-0.05, 0) is 36.2 Å². The molecule has 3 rings (SSSR count). The number of hydrogen-bond donors (Lipinski definition) is 1. The Hall–Kier alpha value is -3.02. The number of carboxylic acid groups (broad SMARTS) is 1. The number of benzene rings is 2. The smallest absolute Gasteiger partial charge is 0.358 e. The first kappa shape index (κ1) is 14.9. The molecule has 0 unspecified atom stereocenters. The number of carboxylic acids is 1. The van der Waals surface area contributed by atoms with E-state index in [4.69, 9.17) is 0 Å². The van der Waals surface area contributed by atoms with Gasteiger partial charge in [-0.3, -0.25) is 0 Å². The molecule has 5 nitrogen and oxygen atoms in total. The molecule has 0 saturated heterocycles. The van der Waals surface area contributed by atoms with Crippen molar-refractivity contribution in [1.29, 1.82) is 0 Å². The molecule has 3 aromatic rings. The summed E-state index contributed by atoms with van der Waals surface area (Å²) in [5.74, 6) is -1.66. The first-order valence-electron chi connectivity index (χ1n) is 7.14. The van der Waals surface area contributed by atoms with Gasteiger partial charge in [-0.2, -0.15) is 0 Å². The zero-order valence-electron chi connectivity index (χ0n) is 12.4. The van der Waals surface area contributed by atoms with E-state index < -0.39 is 11.8 Å². The van der Waals surface area contributed by atoms with E-state index in [-0.39, 0.29) is 11.4 Å². The predicted octanol–water partition coefficient (Wildman–Crippen LogP) is 3.33. The van der Waals surface area contributed by atoms with Gasteiger partial charge in [-0.1, -0.05) is 36.4 Å². The molecule has 0 spiro atoms. The van der Waals surface area contributed by atoms with Crippen molar-refractivity contribution in [2.45, 2.75) is 13.3 Å². The van der Waals surface area contributed by atoms with Crippen LogP contribution < -0.4 is 0 Å². The minimum Gasteiger partial charge on any atom is -0.476 e. The highest BCUT2D eigenvalue weighted by Crippen LogP contribution is 2.26. The molecule has 1 aromatic heterocycles. The molecule has 1 N–H and O–H groups in total. The van der Waals surface area contributed by atoms with Gasteiger partial charge in [-0.15, -0.1) is 5.10 Å². The molecule has 0 fully saturated rings. The highest BCUT2D eigenvalue weighted by atomic mass is 19.1. The molecular weight excluding hydrogens is 297 g/mol. The van der Waals surface area contributed by atoms with Gasteiger partial charge < -0.3 is 5.11 Å². The van der Waals surface area contributed by atoms with E-state index in [0.717, 1.165) is 12.0 Å². The van der Waals surface area contributed by atoms with Gasteiger partial charge in [0.15, 0.2) is 5.69 Å². The molecule has 0 bridgehead atoms. The maximum absolute atomic E-state index is 13.5. The van der Waals surface area contributed by atoms with Crippen LogP contribution in [0.2, 0.25) is 0 Å². The summed E-state index contributed by atoms with van der Waals surface area (Å²) in [6.07, 6.45) is 0.898. The summed E-state index contributed by atoms with van der Waals surface area (Å²) in [5.41, 5.74) is 2.27. The number of aromatic carboxylic acids is 1. The minimum absolute atomic E-state index is 0.213. The fourth-order valence-corrected chi connectivity index (χ4v) is 2.37. The number of nitrogens with zero attached hydrogens (tertiary/aromatic N) is 3. The highest BCUT2D eigenvalue weighted by molar-refractivity contribution is 5.93. The second-order valence-corrected chi connectivity index (χ2v) is 5.03. The summed E-state index contributed by atoms with van der Waals surface area (Å²) in [6.45, 7) is 2.05. The van der Waals surface area contributed by atoms with Crippen LogP contribution in [0.25, 0.3) is 16.9 Å². The van der Waals surface area contributed by atoms with Crippen molar-refractivity contribution in [3.05, 3.63) is 65.6 Å². The van der Waals surface area contributed by atoms with Crippen molar-refractivity contribution in [2.24, 2.45) is 0 Å². The number of rotatable bonds is 4. The lowest BCUT2D eigenvalue weighted by Crippen LogP contribution is -2.03. The molecule has 0 atom stereocenters. The summed E-state index contributed by atoms with van der Waals surface area (Å²) in [7, 11) is 0. The summed E-state index contributed by atoms with van der Waals surface area (Å²) in [6, 6.07) is 13.3. The third-order valence-corrected chi connectivity index (χ3v) is 3.56. The van der Waals surface area contributed by atoms with Gasteiger partial charge in [0, 0.05) is 5.56 Å². The van der Waals surface area contributed by atoms with Crippen molar-refractivity contribution in [3.8, 4) is 16.9 Å². The highest BCUT2D eigenvalue weighted by Gasteiger charge is 2.21. The van der Waals surface area contributed by atoms with Crippen LogP contribution in [0.1, 0.15) is 23.0 Å². The molecule has 0 amide bonds. The molecule has 116 valence electrons. The standard InChI is InChI=1S/C17H14FN3O2/c1-2-11-6-8-14(9-7-11)21-16(15(17(22)23)19-20-21)12-4-3-5-13(18)10-12/h3-10H,2H2,1H3,(H,22,23). The molecule has 1 heterocycles. The molecule has 2 aromatic carbocycles. The monoisotopic (exact) mass is 311 g/mol. The molecule has 6 heteroatoms. The average molecular weight is 311 g/mol. The summed E-state index contributed by atoms with van der Waals surface area (Å²) >= 11 is 0. The van der Waals surface area contributed by atoms with Crippen LogP contribution in [0.4, 0.5) is 4.39 Å². The van der Waals surface area contributed by atoms with Crippen molar-refractivity contribution < 1.29 is 14.3 Å². The molecule has 0 aliphatic rings. The Morgan fingerprint density at radius 2 is 1.96 bits per heavy atom. The van der Waals surface area contributed by atoms with Crippen LogP contribution in [-0.2, 0) is 6.42 Å². The van der Waals surface area contributed by atoms with Crippen LogP contribution in [0, 0.1) is 5.82 Å². The lowest BCUT2D eigenvalue weighted by molar-refractivity contribution is 0.0691. The largest absolute Gasteiger partial charge is 0.476 e. The molecule has 0 radical (unpaired) electrons. The van der Waals surface area contributed by atoms with Gasteiger partial charge in [0.2, 0.25) is 0 Å². The molecule has 23 heavy (non-hydrogen) atoms. The van der Waals surface area contributed by atoms with Crippen LogP contribution in [0.15, 0.2) is 48.5 Å². The van der Waals surface area contributed by atoms with Gasteiger partial charge in [0.25, 0.3) is 0 Å². The van der Waals surface area contributed by atoms with Crippen molar-refractivity contribution in [2.75, 3.05) is 0 Å². The van der Waals surface area contributed by atoms with Crippen LogP contribution in [0.3, 0.4) is 0 Å². The number of aromatic nitrogens is 3. The average Bonchev–Trinajstić information content (AvgIpc) is 3.00. The van der Waals surface area contributed by atoms with E-state index in [1.807, 2.05) is 31.2 Å². The van der Waals surface area contributed by atoms with Crippen molar-refractivity contribution in [3.63, 3.8) is 0 Å². The topological polar surface area (TPSA) is 68.0 Å². The Labute approximate surface area is 132 Å². The lowest BCUT2D eigenvalue weighted by atomic mass is 10.1. The van der Waals surface area contributed by atoms with Gasteiger partial charge in [0.1, 0.15) is 11.5 Å². The van der Waals surface area contributed by atoms with E-state index in [0.29, 0.717) is 11.3 Å². The predicted molar refractivity (Wildman–Crippen MR) is 83.1 cm³/mol. The Morgan fingerprint density at radius 1 is 1.22 bits per heavy atom. The van der Waals surface area contributed by atoms with E-state index >= 15 is 0 Å². The SMILES string of the molecule is CCc1ccc(-n2nnc(C(=O)O)c2-c2cccc(F)c2)cc1. The van der Waals surface area contributed by atoms with Gasteiger partial charge >= 0.3 is 5.97 Å². The third-order valence-electron chi connectivity index (χ3n) is 3.56. The van der Waals surface area contributed by atoms with Crippen LogP contribution >= 0.6 is 0 Å². The minimum atomic E-state index is -1.21. The molecular formula is C17H14FN3O2. The van der Waals surface area contributed by atoms with E-state index in [1.54, 1.807) is 6.07 Å². The fourth-order valence-electron chi connectivity index (χ4n) is 2.37. The van der Waals surface area contributed by atoms with E-state index in [9.17, 15) is 14.3 Å². The second-order valence-electron chi connectivity index (χ2n) is 5.03. The van der Waals surface area contributed by atoms with Crippen LogP contribution in [-0.4, -0.2) is 26.1 Å². The zero-order chi connectivity index (χ0) is 16.4. The zero-order valence-corrected chi connectivity index (χ0v) is 12.4. The molecule has 0 saturated carbocycles. The fraction of sp³-hybridized carbons (Fsp3) is 0.118. The Balaban J connectivity index is 2.19. The number of carbonyl (C=O) groups is 1. The maximum Gasteiger partial charge on any atom is 0.358 e. The number of hydrogen-bond acceptors (Lipinski definition) is 3. The van der Waals surface area contributed by atoms with Crippen molar-refractivity contribution in [1.82, 2.24) is 15.0 Å². The third kappa shape index (κ3) is 2.83. The summed E-state index contributed by atoms with van der Waals surface area (Å²) in [5, 5.41) is 17.0. The number of halogens is 1. The quantitative estimate of drug-likeness (QED) is 0.802. The summed E-state index contributed by atoms with van der Waals surface area (Å²) < 4.78 is 14.9. The Morgan fingerprint density at radius 3 is 2.57 bits per heavy atom. The van der Waals surface area contributed by atoms with Crippen LogP contribution in [0.5, 0.6) is 0 Å². The van der Waals surface area contributed by atoms with E-state index in [2.05, 4.69) is 10.3 Å². The first-order valence-corrected chi connectivity index (χ1v) is 7.14. The molecule has 0 aliphatic heterocycles. The van der Waals surface area contributed by atoms with Crippen molar-refractivity contribution >= 4 is 5.97 Å². The Kier molecular flexibility index (Phi) is 3.89. The maximum atomic E-state index is 13.5. The number of aryl methyl sites for hydroxylation is 1. The van der Waals surface area contributed by atoms with E-state index in [1.165, 1.54) is 22.9 Å².